The lowest BCUT2D eigenvalue weighted by atomic mass is 10.0. The molecule has 0 bridgehead atoms. The van der Waals surface area contributed by atoms with Gasteiger partial charge in [0, 0.05) is 37.8 Å². The third kappa shape index (κ3) is 4.02. The van der Waals surface area contributed by atoms with Crippen molar-refractivity contribution in [2.75, 3.05) is 12.4 Å². The van der Waals surface area contributed by atoms with Crippen LogP contribution in [0.2, 0.25) is 0 Å². The number of carbonyl (C=O) groups excluding carboxylic acids is 1. The average molecular weight is 471 g/mol. The first-order valence-corrected chi connectivity index (χ1v) is 11.6. The second-order valence-electron chi connectivity index (χ2n) is 7.94. The van der Waals surface area contributed by atoms with Gasteiger partial charge >= 0.3 is 5.97 Å². The number of ether oxygens (including phenoxy) is 1. The first-order chi connectivity index (χ1) is 16.5. The molecule has 3 aromatic carbocycles. The number of aliphatic carboxylic acids is 1. The Labute approximate surface area is 199 Å². The Hall–Kier alpha value is -4.10. The van der Waals surface area contributed by atoms with Gasteiger partial charge in [0.2, 0.25) is 0 Å². The van der Waals surface area contributed by atoms with E-state index in [-0.39, 0.29) is 12.2 Å². The number of aromatic amines is 1. The Balaban J connectivity index is 1.62. The summed E-state index contributed by atoms with van der Waals surface area (Å²) in [6.45, 7) is 0. The molecule has 2 heterocycles. The van der Waals surface area contributed by atoms with E-state index in [0.717, 1.165) is 25.9 Å². The van der Waals surface area contributed by atoms with Crippen molar-refractivity contribution in [3.8, 4) is 5.75 Å². The maximum absolute atomic E-state index is 14.0. The number of benzene rings is 3. The zero-order chi connectivity index (χ0) is 23.7. The fraction of sp³-hybridized carbons (Fsp3) is 0.111. The fourth-order valence-corrected chi connectivity index (χ4v) is 5.35. The number of ketones is 1. The molecule has 5 rings (SSSR count). The molecule has 0 aliphatic rings. The average Bonchev–Trinajstić information content (AvgIpc) is 3.46. The molecule has 1 atom stereocenters. The highest BCUT2D eigenvalue weighted by Crippen LogP contribution is 2.38. The summed E-state index contributed by atoms with van der Waals surface area (Å²) in [6.07, 6.45) is 1.57. The molecule has 1 unspecified atom stereocenters. The molecule has 2 aromatic heterocycles. The minimum Gasteiger partial charge on any atom is -0.494 e. The summed E-state index contributed by atoms with van der Waals surface area (Å²) < 4.78 is 6.66. The van der Waals surface area contributed by atoms with E-state index < -0.39 is 12.0 Å². The smallest absolute Gasteiger partial charge is 0.307 e. The lowest BCUT2D eigenvalue weighted by Crippen LogP contribution is -2.21. The molecule has 6 nitrogen and oxygen atoms in total. The molecule has 170 valence electrons. The largest absolute Gasteiger partial charge is 0.494 e. The number of para-hydroxylation sites is 2. The van der Waals surface area contributed by atoms with E-state index in [1.54, 1.807) is 35.7 Å². The SMILES string of the molecule is COc1c(CC(=O)O)cccc1NC(C(=O)c1c[nH]c2ccccc12)c1cc2ccccc2s1. The maximum atomic E-state index is 14.0. The van der Waals surface area contributed by atoms with E-state index in [1.165, 1.54) is 7.11 Å². The van der Waals surface area contributed by atoms with Crippen molar-refractivity contribution in [3.63, 3.8) is 0 Å². The minimum absolute atomic E-state index is 0.0882. The van der Waals surface area contributed by atoms with E-state index in [1.807, 2.05) is 54.6 Å². The molecule has 0 spiro atoms. The summed E-state index contributed by atoms with van der Waals surface area (Å²) in [4.78, 5) is 29.3. The van der Waals surface area contributed by atoms with Gasteiger partial charge in [0.15, 0.2) is 5.78 Å². The van der Waals surface area contributed by atoms with Crippen LogP contribution in [0.5, 0.6) is 5.75 Å². The van der Waals surface area contributed by atoms with Gasteiger partial charge in [-0.2, -0.15) is 0 Å². The van der Waals surface area contributed by atoms with Crippen LogP contribution >= 0.6 is 11.3 Å². The highest BCUT2D eigenvalue weighted by Gasteiger charge is 2.27. The number of methoxy groups -OCH3 is 1. The molecule has 34 heavy (non-hydrogen) atoms. The molecule has 0 aliphatic heterocycles. The standard InChI is InChI=1S/C27H22N2O4S/c1-33-27-17(14-24(30)31)8-6-11-21(27)29-25(23-13-16-7-2-5-12-22(16)34-23)26(32)19-15-28-20-10-4-3-9-18(19)20/h2-13,15,25,28-29H,14H2,1H3,(H,30,31). The van der Waals surface area contributed by atoms with Gasteiger partial charge in [-0.15, -0.1) is 11.3 Å². The van der Waals surface area contributed by atoms with Crippen LogP contribution in [0.4, 0.5) is 5.69 Å². The van der Waals surface area contributed by atoms with Crippen LogP contribution in [0, 0.1) is 0 Å². The number of hydrogen-bond donors (Lipinski definition) is 3. The van der Waals surface area contributed by atoms with Crippen molar-refractivity contribution in [1.82, 2.24) is 4.98 Å². The number of Topliss-reactive ketones (excluding diaryl/α,β-unsaturated/α-hetero) is 1. The van der Waals surface area contributed by atoms with Crippen LogP contribution in [0.1, 0.15) is 26.8 Å². The lowest BCUT2D eigenvalue weighted by Gasteiger charge is -2.20. The number of nitrogens with one attached hydrogen (secondary N) is 2. The van der Waals surface area contributed by atoms with Gasteiger partial charge < -0.3 is 20.1 Å². The second kappa shape index (κ2) is 9.03. The number of hydrogen-bond acceptors (Lipinski definition) is 5. The summed E-state index contributed by atoms with van der Waals surface area (Å²) in [5.74, 6) is -0.621. The Morgan fingerprint density at radius 3 is 2.65 bits per heavy atom. The quantitative estimate of drug-likeness (QED) is 0.240. The first kappa shape index (κ1) is 21.7. The van der Waals surface area contributed by atoms with Gasteiger partial charge in [-0.25, -0.2) is 0 Å². The topological polar surface area (TPSA) is 91.4 Å². The van der Waals surface area contributed by atoms with Crippen molar-refractivity contribution >= 4 is 49.8 Å². The zero-order valence-corrected chi connectivity index (χ0v) is 19.2. The number of aromatic nitrogens is 1. The summed E-state index contributed by atoms with van der Waals surface area (Å²) in [5.41, 5.74) is 2.58. The first-order valence-electron chi connectivity index (χ1n) is 10.8. The molecule has 5 aromatic rings. The normalized spacial score (nSPS) is 12.0. The van der Waals surface area contributed by atoms with E-state index in [4.69, 9.17) is 4.74 Å². The predicted octanol–water partition coefficient (Wildman–Crippen LogP) is 6.05. The zero-order valence-electron chi connectivity index (χ0n) is 18.4. The third-order valence-electron chi connectivity index (χ3n) is 5.79. The number of fused-ring (bicyclic) bond motifs is 2. The molecule has 0 aliphatic carbocycles. The Morgan fingerprint density at radius 2 is 1.85 bits per heavy atom. The van der Waals surface area contributed by atoms with Crippen LogP contribution in [-0.4, -0.2) is 29.0 Å². The summed E-state index contributed by atoms with van der Waals surface area (Å²) in [5, 5.41) is 14.6. The van der Waals surface area contributed by atoms with Crippen LogP contribution in [0.25, 0.3) is 21.0 Å². The van der Waals surface area contributed by atoms with Crippen molar-refractivity contribution in [1.29, 1.82) is 0 Å². The van der Waals surface area contributed by atoms with Gasteiger partial charge in [0.25, 0.3) is 0 Å². The van der Waals surface area contributed by atoms with Crippen LogP contribution < -0.4 is 10.1 Å². The van der Waals surface area contributed by atoms with Crippen molar-refractivity contribution < 1.29 is 19.4 Å². The Morgan fingerprint density at radius 1 is 1.06 bits per heavy atom. The molecule has 0 saturated carbocycles. The van der Waals surface area contributed by atoms with Gasteiger partial charge in [0.1, 0.15) is 11.8 Å². The molecule has 3 N–H and O–H groups in total. The highest BCUT2D eigenvalue weighted by molar-refractivity contribution is 7.19. The van der Waals surface area contributed by atoms with E-state index in [9.17, 15) is 14.7 Å². The highest BCUT2D eigenvalue weighted by atomic mass is 32.1. The molecule has 0 amide bonds. The molecular weight excluding hydrogens is 448 g/mol. The number of H-pyrrole nitrogens is 1. The van der Waals surface area contributed by atoms with Gasteiger partial charge in [-0.1, -0.05) is 48.5 Å². The Kier molecular flexibility index (Phi) is 5.77. The van der Waals surface area contributed by atoms with Crippen molar-refractivity contribution in [3.05, 3.63) is 95.0 Å². The fourth-order valence-electron chi connectivity index (χ4n) is 4.24. The second-order valence-corrected chi connectivity index (χ2v) is 9.06. The Bertz CT molecular complexity index is 1480. The van der Waals surface area contributed by atoms with Gasteiger partial charge in [-0.05, 0) is 29.7 Å². The molecule has 0 fully saturated rings. The number of thiophene rings is 1. The maximum Gasteiger partial charge on any atom is 0.307 e. The predicted molar refractivity (Wildman–Crippen MR) is 135 cm³/mol. The molecule has 7 heteroatoms. The number of anilines is 1. The molecule has 0 radical (unpaired) electrons. The number of carboxylic acids is 1. The minimum atomic E-state index is -0.952. The molecule has 0 saturated heterocycles. The van der Waals surface area contributed by atoms with Gasteiger partial charge in [-0.3, -0.25) is 9.59 Å². The van der Waals surface area contributed by atoms with Crippen LogP contribution in [-0.2, 0) is 11.2 Å². The summed E-state index contributed by atoms with van der Waals surface area (Å²) in [6, 6.07) is 22.3. The van der Waals surface area contributed by atoms with Crippen LogP contribution in [0.3, 0.4) is 0 Å². The lowest BCUT2D eigenvalue weighted by molar-refractivity contribution is -0.136. The third-order valence-corrected chi connectivity index (χ3v) is 6.97. The van der Waals surface area contributed by atoms with Gasteiger partial charge in [0.05, 0.1) is 19.2 Å². The monoisotopic (exact) mass is 470 g/mol. The number of carbonyl (C=O) groups is 2. The van der Waals surface area contributed by atoms with Crippen molar-refractivity contribution in [2.24, 2.45) is 0 Å². The van der Waals surface area contributed by atoms with E-state index >= 15 is 0 Å². The summed E-state index contributed by atoms with van der Waals surface area (Å²) >= 11 is 1.56. The number of carboxylic acid groups (broad SMARTS) is 1. The summed E-state index contributed by atoms with van der Waals surface area (Å²) in [7, 11) is 1.50. The van der Waals surface area contributed by atoms with Crippen molar-refractivity contribution in [2.45, 2.75) is 12.5 Å². The number of rotatable bonds is 8. The van der Waals surface area contributed by atoms with E-state index in [0.29, 0.717) is 22.6 Å². The van der Waals surface area contributed by atoms with E-state index in [2.05, 4.69) is 10.3 Å². The molecular formula is C27H22N2O4S. The van der Waals surface area contributed by atoms with Crippen LogP contribution in [0.15, 0.2) is 79.0 Å².